The summed E-state index contributed by atoms with van der Waals surface area (Å²) in [5.41, 5.74) is 4.71. The van der Waals surface area contributed by atoms with E-state index in [1.807, 2.05) is 0 Å². The fraction of sp³-hybridized carbons (Fsp3) is 0.500. The minimum absolute atomic E-state index is 0.0655. The van der Waals surface area contributed by atoms with Crippen LogP contribution in [0, 0.1) is 0 Å². The molecule has 0 amide bonds. The summed E-state index contributed by atoms with van der Waals surface area (Å²) in [4.78, 5) is 3.87. The fourth-order valence-corrected chi connectivity index (χ4v) is 3.88. The second-order valence-electron chi connectivity index (χ2n) is 4.92. The van der Waals surface area contributed by atoms with E-state index >= 15 is 0 Å². The first-order chi connectivity index (χ1) is 9.50. The Bertz CT molecular complexity index is 580. The molecule has 1 aromatic heterocycles. The first-order valence-corrected chi connectivity index (χ1v) is 7.90. The lowest BCUT2D eigenvalue weighted by Crippen LogP contribution is -2.58. The molecule has 20 heavy (non-hydrogen) atoms. The maximum atomic E-state index is 12.4. The van der Waals surface area contributed by atoms with Crippen molar-refractivity contribution in [2.75, 3.05) is 0 Å². The first kappa shape index (κ1) is 14.7. The van der Waals surface area contributed by atoms with Crippen molar-refractivity contribution in [1.82, 2.24) is 9.71 Å². The van der Waals surface area contributed by atoms with Gasteiger partial charge in [-0.2, -0.15) is 4.72 Å². The van der Waals surface area contributed by atoms with Crippen molar-refractivity contribution in [2.45, 2.75) is 42.5 Å². The standard InChI is InChI=1S/C12H18N4O3S/c13-11(15-17)12(6-2-1-3-7-12)16-20(18,19)10-5-4-8-14-9-10/h4-5,8-9,16-17H,1-3,6-7H2,(H2,13,15). The number of rotatable bonds is 4. The summed E-state index contributed by atoms with van der Waals surface area (Å²) < 4.78 is 27.4. The van der Waals surface area contributed by atoms with Gasteiger partial charge in [-0.05, 0) is 25.0 Å². The molecule has 0 unspecified atom stereocenters. The van der Waals surface area contributed by atoms with Gasteiger partial charge in [-0.1, -0.05) is 24.4 Å². The van der Waals surface area contributed by atoms with E-state index < -0.39 is 15.6 Å². The van der Waals surface area contributed by atoms with Crippen LogP contribution < -0.4 is 10.5 Å². The Labute approximate surface area is 117 Å². The lowest BCUT2D eigenvalue weighted by atomic mass is 9.82. The van der Waals surface area contributed by atoms with Crippen LogP contribution in [0.4, 0.5) is 0 Å². The van der Waals surface area contributed by atoms with Crippen molar-refractivity contribution in [3.63, 3.8) is 0 Å². The van der Waals surface area contributed by atoms with Crippen LogP contribution in [0.5, 0.6) is 0 Å². The molecule has 0 atom stereocenters. The fourth-order valence-electron chi connectivity index (χ4n) is 2.48. The van der Waals surface area contributed by atoms with E-state index in [0.717, 1.165) is 19.3 Å². The van der Waals surface area contributed by atoms with Crippen LogP contribution in [0.1, 0.15) is 32.1 Å². The number of hydrogen-bond acceptors (Lipinski definition) is 5. The number of sulfonamides is 1. The Morgan fingerprint density at radius 3 is 2.65 bits per heavy atom. The molecule has 0 radical (unpaired) electrons. The smallest absolute Gasteiger partial charge is 0.243 e. The summed E-state index contributed by atoms with van der Waals surface area (Å²) in [6.07, 6.45) is 6.46. The summed E-state index contributed by atoms with van der Waals surface area (Å²) >= 11 is 0. The topological polar surface area (TPSA) is 118 Å². The second kappa shape index (κ2) is 5.76. The van der Waals surface area contributed by atoms with Gasteiger partial charge in [0.15, 0.2) is 5.84 Å². The van der Waals surface area contributed by atoms with Gasteiger partial charge < -0.3 is 10.9 Å². The van der Waals surface area contributed by atoms with Gasteiger partial charge in [-0.25, -0.2) is 8.42 Å². The molecule has 1 saturated carbocycles. The molecule has 7 nitrogen and oxygen atoms in total. The molecule has 1 aliphatic rings. The summed E-state index contributed by atoms with van der Waals surface area (Å²) in [7, 11) is -3.76. The molecule has 4 N–H and O–H groups in total. The van der Waals surface area contributed by atoms with Gasteiger partial charge in [0.05, 0.1) is 5.54 Å². The van der Waals surface area contributed by atoms with Crippen LogP contribution in [-0.4, -0.2) is 30.0 Å². The quantitative estimate of drug-likeness (QED) is 0.329. The molecular weight excluding hydrogens is 280 g/mol. The third kappa shape index (κ3) is 2.91. The van der Waals surface area contributed by atoms with Crippen LogP contribution in [0.15, 0.2) is 34.6 Å². The van der Waals surface area contributed by atoms with Gasteiger partial charge >= 0.3 is 0 Å². The Morgan fingerprint density at radius 2 is 2.10 bits per heavy atom. The normalized spacial score (nSPS) is 19.7. The van der Waals surface area contributed by atoms with Crippen LogP contribution in [0.25, 0.3) is 0 Å². The molecule has 8 heteroatoms. The van der Waals surface area contributed by atoms with Gasteiger partial charge in [0, 0.05) is 12.4 Å². The predicted molar refractivity (Wildman–Crippen MR) is 73.8 cm³/mol. The predicted octanol–water partition coefficient (Wildman–Crippen LogP) is 0.809. The van der Waals surface area contributed by atoms with E-state index in [1.54, 1.807) is 6.07 Å². The number of nitrogens with zero attached hydrogens (tertiary/aromatic N) is 2. The van der Waals surface area contributed by atoms with Crippen molar-refractivity contribution in [1.29, 1.82) is 0 Å². The highest BCUT2D eigenvalue weighted by Crippen LogP contribution is 2.30. The number of aromatic nitrogens is 1. The highest BCUT2D eigenvalue weighted by molar-refractivity contribution is 7.89. The molecule has 1 fully saturated rings. The van der Waals surface area contributed by atoms with E-state index in [9.17, 15) is 8.42 Å². The summed E-state index contributed by atoms with van der Waals surface area (Å²) in [5, 5.41) is 11.9. The first-order valence-electron chi connectivity index (χ1n) is 6.42. The highest BCUT2D eigenvalue weighted by atomic mass is 32.2. The van der Waals surface area contributed by atoms with Crippen LogP contribution in [0.2, 0.25) is 0 Å². The van der Waals surface area contributed by atoms with Crippen molar-refractivity contribution in [3.05, 3.63) is 24.5 Å². The summed E-state index contributed by atoms with van der Waals surface area (Å²) in [6, 6.07) is 3.00. The lowest BCUT2D eigenvalue weighted by molar-refractivity contribution is 0.294. The number of pyridine rings is 1. The molecule has 2 rings (SSSR count). The number of amidine groups is 1. The molecule has 0 saturated heterocycles. The zero-order valence-electron chi connectivity index (χ0n) is 11.0. The Kier molecular flexibility index (Phi) is 4.24. The molecule has 0 bridgehead atoms. The Hall–Kier alpha value is -1.67. The van der Waals surface area contributed by atoms with Gasteiger partial charge in [-0.15, -0.1) is 0 Å². The number of nitrogens with one attached hydrogen (secondary N) is 1. The van der Waals surface area contributed by atoms with Crippen LogP contribution in [0.3, 0.4) is 0 Å². The maximum Gasteiger partial charge on any atom is 0.243 e. The second-order valence-corrected chi connectivity index (χ2v) is 6.60. The van der Waals surface area contributed by atoms with Gasteiger partial charge in [-0.3, -0.25) is 4.98 Å². The zero-order valence-corrected chi connectivity index (χ0v) is 11.8. The van der Waals surface area contributed by atoms with Gasteiger partial charge in [0.25, 0.3) is 0 Å². The molecular formula is C12H18N4O3S. The molecule has 0 spiro atoms. The minimum Gasteiger partial charge on any atom is -0.409 e. The van der Waals surface area contributed by atoms with Gasteiger partial charge in [0.1, 0.15) is 4.90 Å². The third-order valence-electron chi connectivity index (χ3n) is 3.58. The van der Waals surface area contributed by atoms with Crippen LogP contribution in [-0.2, 0) is 10.0 Å². The third-order valence-corrected chi connectivity index (χ3v) is 5.10. The molecule has 1 heterocycles. The van der Waals surface area contributed by atoms with Crippen molar-refractivity contribution >= 4 is 15.9 Å². The van der Waals surface area contributed by atoms with E-state index in [1.165, 1.54) is 18.5 Å². The van der Waals surface area contributed by atoms with Gasteiger partial charge in [0.2, 0.25) is 10.0 Å². The molecule has 1 aliphatic carbocycles. The monoisotopic (exact) mass is 298 g/mol. The van der Waals surface area contributed by atoms with Crippen LogP contribution >= 0.6 is 0 Å². The number of oxime groups is 1. The summed E-state index contributed by atoms with van der Waals surface area (Å²) in [5.74, 6) is -0.0929. The van der Waals surface area contributed by atoms with Crippen molar-refractivity contribution < 1.29 is 13.6 Å². The number of hydrogen-bond donors (Lipinski definition) is 3. The van der Waals surface area contributed by atoms with E-state index in [4.69, 9.17) is 10.9 Å². The maximum absolute atomic E-state index is 12.4. The van der Waals surface area contributed by atoms with Crippen molar-refractivity contribution in [2.24, 2.45) is 10.9 Å². The average Bonchev–Trinajstić information content (AvgIpc) is 2.48. The van der Waals surface area contributed by atoms with Crippen molar-refractivity contribution in [3.8, 4) is 0 Å². The Balaban J connectivity index is 2.33. The SMILES string of the molecule is N/C(=N/O)C1(NS(=O)(=O)c2cccnc2)CCCCC1. The van der Waals surface area contributed by atoms with E-state index in [-0.39, 0.29) is 10.7 Å². The number of nitrogens with two attached hydrogens (primary N) is 1. The highest BCUT2D eigenvalue weighted by Gasteiger charge is 2.40. The Morgan fingerprint density at radius 1 is 1.40 bits per heavy atom. The minimum atomic E-state index is -3.76. The van der Waals surface area contributed by atoms with E-state index in [2.05, 4.69) is 14.9 Å². The summed E-state index contributed by atoms with van der Waals surface area (Å²) in [6.45, 7) is 0. The molecule has 110 valence electrons. The average molecular weight is 298 g/mol. The zero-order chi connectivity index (χ0) is 14.6. The lowest BCUT2D eigenvalue weighted by Gasteiger charge is -2.36. The van der Waals surface area contributed by atoms with E-state index in [0.29, 0.717) is 12.8 Å². The molecule has 0 aliphatic heterocycles. The largest absolute Gasteiger partial charge is 0.409 e. The molecule has 1 aromatic rings. The molecule has 0 aromatic carbocycles.